The number of hydrogen-bond acceptors (Lipinski definition) is 5. The molecule has 0 bridgehead atoms. The lowest BCUT2D eigenvalue weighted by Gasteiger charge is -2.25. The molecular weight excluding hydrogens is 804 g/mol. The van der Waals surface area contributed by atoms with Crippen LogP contribution in [0.2, 0.25) is 0 Å². The molecule has 3 N–H and O–H groups in total. The van der Waals surface area contributed by atoms with Gasteiger partial charge < -0.3 is 19.8 Å². The second-order valence-electron chi connectivity index (χ2n) is 18.2. The molecule has 0 aromatic carbocycles. The number of unbranched alkanes of at least 4 members (excludes halogenated alkanes) is 20. The highest BCUT2D eigenvalue weighted by Gasteiger charge is 2.27. The van der Waals surface area contributed by atoms with Gasteiger partial charge in [0.2, 0.25) is 5.91 Å². The van der Waals surface area contributed by atoms with Crippen molar-refractivity contribution in [1.29, 1.82) is 0 Å². The molecule has 9 heteroatoms. The van der Waals surface area contributed by atoms with Crippen LogP contribution < -0.4 is 5.32 Å². The van der Waals surface area contributed by atoms with Gasteiger partial charge in [-0.1, -0.05) is 202 Å². The first-order valence-electron chi connectivity index (χ1n) is 25.5. The van der Waals surface area contributed by atoms with Gasteiger partial charge in [0.1, 0.15) is 13.2 Å². The summed E-state index contributed by atoms with van der Waals surface area (Å²) < 4.78 is 23.6. The predicted molar refractivity (Wildman–Crippen MR) is 272 cm³/mol. The first kappa shape index (κ1) is 60.7. The van der Waals surface area contributed by atoms with Crippen LogP contribution in [0.15, 0.2) is 85.1 Å². The Kier molecular flexibility index (Phi) is 43.2. The molecule has 0 aliphatic heterocycles. The molecule has 0 aliphatic carbocycles. The van der Waals surface area contributed by atoms with Crippen molar-refractivity contribution in [3.8, 4) is 0 Å². The zero-order valence-electron chi connectivity index (χ0n) is 41.3. The molecule has 0 heterocycles. The average molecular weight is 902 g/mol. The minimum atomic E-state index is -4.35. The number of phosphoric ester groups is 1. The van der Waals surface area contributed by atoms with Crippen molar-refractivity contribution in [3.05, 3.63) is 85.1 Å². The molecule has 3 atom stereocenters. The summed E-state index contributed by atoms with van der Waals surface area (Å²) in [5.41, 5.74) is 0. The maximum Gasteiger partial charge on any atom is 0.472 e. The highest BCUT2D eigenvalue weighted by atomic mass is 31.2. The number of hydrogen-bond donors (Lipinski definition) is 3. The van der Waals surface area contributed by atoms with Gasteiger partial charge in [0.05, 0.1) is 39.9 Å². The number of likely N-dealkylation sites (N-methyl/N-ethyl adjacent to an activating group) is 1. The van der Waals surface area contributed by atoms with Gasteiger partial charge in [-0.3, -0.25) is 13.8 Å². The zero-order chi connectivity index (χ0) is 46.4. The lowest BCUT2D eigenvalue weighted by Crippen LogP contribution is -2.45. The van der Waals surface area contributed by atoms with Gasteiger partial charge in [-0.15, -0.1) is 0 Å². The summed E-state index contributed by atoms with van der Waals surface area (Å²) in [5.74, 6) is -0.194. The fourth-order valence-electron chi connectivity index (χ4n) is 6.85. The Morgan fingerprint density at radius 2 is 0.968 bits per heavy atom. The Balaban J connectivity index is 4.27. The Hall–Kier alpha value is -2.32. The molecule has 0 spiro atoms. The average Bonchev–Trinajstić information content (AvgIpc) is 3.24. The second kappa shape index (κ2) is 44.9. The van der Waals surface area contributed by atoms with E-state index in [4.69, 9.17) is 9.05 Å². The topological polar surface area (TPSA) is 105 Å². The largest absolute Gasteiger partial charge is 0.472 e. The molecule has 0 radical (unpaired) electrons. The molecule has 0 aliphatic rings. The van der Waals surface area contributed by atoms with Crippen molar-refractivity contribution in [2.45, 2.75) is 212 Å². The van der Waals surface area contributed by atoms with Crippen molar-refractivity contribution in [3.63, 3.8) is 0 Å². The lowest BCUT2D eigenvalue weighted by atomic mass is 10.0. The van der Waals surface area contributed by atoms with Crippen LogP contribution >= 0.6 is 7.82 Å². The first-order valence-corrected chi connectivity index (χ1v) is 27.0. The Morgan fingerprint density at radius 3 is 1.46 bits per heavy atom. The number of phosphoric acid groups is 1. The van der Waals surface area contributed by atoms with Crippen molar-refractivity contribution in [2.24, 2.45) is 0 Å². The molecular formula is C54H98N2O6P+. The molecule has 0 aromatic rings. The van der Waals surface area contributed by atoms with E-state index in [1.807, 2.05) is 27.2 Å². The van der Waals surface area contributed by atoms with Crippen molar-refractivity contribution >= 4 is 13.7 Å². The molecule has 0 aromatic heterocycles. The number of rotatable bonds is 45. The van der Waals surface area contributed by atoms with E-state index < -0.39 is 20.0 Å². The van der Waals surface area contributed by atoms with Gasteiger partial charge in [0, 0.05) is 6.42 Å². The number of aliphatic hydroxyl groups excluding tert-OH is 1. The summed E-state index contributed by atoms with van der Waals surface area (Å²) in [5, 5.41) is 13.8. The van der Waals surface area contributed by atoms with E-state index in [-0.39, 0.29) is 19.1 Å². The fraction of sp³-hybridized carbons (Fsp3) is 0.722. The van der Waals surface area contributed by atoms with Crippen molar-refractivity contribution in [2.75, 3.05) is 40.9 Å². The van der Waals surface area contributed by atoms with E-state index in [2.05, 4.69) is 92.1 Å². The van der Waals surface area contributed by atoms with Crippen LogP contribution in [-0.4, -0.2) is 73.4 Å². The lowest BCUT2D eigenvalue weighted by molar-refractivity contribution is -0.870. The van der Waals surface area contributed by atoms with Gasteiger partial charge in [0.15, 0.2) is 0 Å². The van der Waals surface area contributed by atoms with Crippen LogP contribution in [0.25, 0.3) is 0 Å². The minimum absolute atomic E-state index is 0.0519. The molecule has 0 saturated heterocycles. The van der Waals surface area contributed by atoms with Crippen LogP contribution in [0.5, 0.6) is 0 Å². The fourth-order valence-corrected chi connectivity index (χ4v) is 7.58. The Morgan fingerprint density at radius 1 is 0.556 bits per heavy atom. The summed E-state index contributed by atoms with van der Waals surface area (Å²) >= 11 is 0. The first-order chi connectivity index (χ1) is 30.5. The van der Waals surface area contributed by atoms with Crippen LogP contribution in [0, 0.1) is 0 Å². The summed E-state index contributed by atoms with van der Waals surface area (Å²) in [6.07, 6.45) is 62.4. The van der Waals surface area contributed by atoms with Gasteiger partial charge in [-0.25, -0.2) is 4.57 Å². The number of allylic oxidation sites excluding steroid dienone is 13. The van der Waals surface area contributed by atoms with Crippen molar-refractivity contribution in [1.82, 2.24) is 5.32 Å². The number of amides is 1. The maximum absolute atomic E-state index is 12.9. The van der Waals surface area contributed by atoms with E-state index in [0.717, 1.165) is 70.6 Å². The van der Waals surface area contributed by atoms with Crippen LogP contribution in [-0.2, 0) is 18.4 Å². The van der Waals surface area contributed by atoms with E-state index in [9.17, 15) is 19.4 Å². The quantitative estimate of drug-likeness (QED) is 0.0243. The molecule has 0 fully saturated rings. The molecule has 364 valence electrons. The number of carbonyl (C=O) groups excluding carboxylic acids is 1. The Bertz CT molecular complexity index is 1300. The van der Waals surface area contributed by atoms with Crippen LogP contribution in [0.3, 0.4) is 0 Å². The SMILES string of the molecule is CC/C=C\C/C=C\C/C=C\C/C=C\C/C=C\CCCCCCCCCCCCCC(=O)NC(COP(=O)(O)OCC[N+](C)(C)C)C(O)/C=C/CC/C=C/CCCCCCCCCC. The monoisotopic (exact) mass is 902 g/mol. The summed E-state index contributed by atoms with van der Waals surface area (Å²) in [7, 11) is 1.54. The van der Waals surface area contributed by atoms with Gasteiger partial charge in [-0.2, -0.15) is 0 Å². The third kappa shape index (κ3) is 47.5. The van der Waals surface area contributed by atoms with Gasteiger partial charge in [-0.05, 0) is 77.0 Å². The van der Waals surface area contributed by atoms with E-state index in [1.54, 1.807) is 6.08 Å². The molecule has 63 heavy (non-hydrogen) atoms. The van der Waals surface area contributed by atoms with E-state index in [1.165, 1.54) is 109 Å². The number of carbonyl (C=O) groups is 1. The van der Waals surface area contributed by atoms with Crippen LogP contribution in [0.1, 0.15) is 200 Å². The number of nitrogens with one attached hydrogen (secondary N) is 1. The van der Waals surface area contributed by atoms with E-state index in [0.29, 0.717) is 17.4 Å². The molecule has 8 nitrogen and oxygen atoms in total. The normalized spacial score (nSPS) is 14.8. The van der Waals surface area contributed by atoms with E-state index >= 15 is 0 Å². The van der Waals surface area contributed by atoms with Gasteiger partial charge in [0.25, 0.3) is 0 Å². The third-order valence-electron chi connectivity index (χ3n) is 10.8. The predicted octanol–water partition coefficient (Wildman–Crippen LogP) is 14.9. The number of nitrogens with zero attached hydrogens (tertiary/aromatic N) is 1. The molecule has 0 saturated carbocycles. The second-order valence-corrected chi connectivity index (χ2v) is 19.6. The number of aliphatic hydroxyl groups is 1. The molecule has 0 rings (SSSR count). The number of quaternary nitrogens is 1. The third-order valence-corrected chi connectivity index (χ3v) is 11.8. The molecule has 1 amide bonds. The van der Waals surface area contributed by atoms with Crippen LogP contribution in [0.4, 0.5) is 0 Å². The maximum atomic E-state index is 12.9. The molecule has 3 unspecified atom stereocenters. The highest BCUT2D eigenvalue weighted by Crippen LogP contribution is 2.43. The summed E-state index contributed by atoms with van der Waals surface area (Å²) in [6.45, 7) is 4.66. The summed E-state index contributed by atoms with van der Waals surface area (Å²) in [6, 6.07) is -0.869. The smallest absolute Gasteiger partial charge is 0.387 e. The highest BCUT2D eigenvalue weighted by molar-refractivity contribution is 7.47. The Labute approximate surface area is 388 Å². The standard InChI is InChI=1S/C54H97N2O6P/c1-6-8-10-12-14-16-18-20-22-23-24-25-26-27-28-29-30-31-32-33-34-36-38-40-42-44-46-48-54(58)55-52(51-62-63(59,60)61-50-49-56(3,4)5)53(57)47-45-43-41-39-37-35-21-19-17-15-13-11-9-7-2/h8,10,14,16,20,22,24-25,27-28,37,39,45,47,52-53,57H,6-7,9,11-13,15,17-19,21,23,26,29-36,38,40-44,46,48-51H2,1-5H3,(H-,55,58,59,60)/p+1/b10-8-,16-14-,22-20-,25-24-,28-27-,39-37+,47-45+. The summed E-state index contributed by atoms with van der Waals surface area (Å²) in [4.78, 5) is 23.2. The van der Waals surface area contributed by atoms with Gasteiger partial charge >= 0.3 is 7.82 Å². The minimum Gasteiger partial charge on any atom is -0.387 e. The van der Waals surface area contributed by atoms with Crippen molar-refractivity contribution < 1.29 is 32.9 Å². The zero-order valence-corrected chi connectivity index (χ0v) is 42.2.